The second-order valence-electron chi connectivity index (χ2n) is 11.4. The number of morpholine rings is 1. The first-order valence-corrected chi connectivity index (χ1v) is 15.9. The number of likely N-dealkylation sites (tertiary alicyclic amines) is 1. The number of carbonyl (C=O) groups is 3. The number of aliphatic hydroxyl groups excluding tert-OH is 1. The summed E-state index contributed by atoms with van der Waals surface area (Å²) in [6, 6.07) is -0.596. The molecule has 2 unspecified atom stereocenters. The van der Waals surface area contributed by atoms with Crippen LogP contribution in [0.5, 0.6) is 0 Å². The van der Waals surface area contributed by atoms with Crippen molar-refractivity contribution in [1.29, 1.82) is 0 Å². The molecular formula is C30H47N3O6S. The summed E-state index contributed by atoms with van der Waals surface area (Å²) in [5.74, 6) is -1.44. The smallest absolute Gasteiger partial charge is 0.310 e. The van der Waals surface area contributed by atoms with Crippen LogP contribution in [0.15, 0.2) is 25.3 Å². The SMILES string of the molecule is C=CCCCOC(=O)[C@@H]1[C@@H]2CCC3(S2)C(C(=O)N(CC=C)CCN2CCOCC2)N(CCCCCCO)C(=O)[C@H]13. The van der Waals surface area contributed by atoms with Crippen LogP contribution in [0.3, 0.4) is 0 Å². The van der Waals surface area contributed by atoms with E-state index < -0.39 is 22.6 Å². The van der Waals surface area contributed by atoms with Gasteiger partial charge in [-0.25, -0.2) is 0 Å². The number of unbranched alkanes of at least 4 members (excludes halogenated alkanes) is 4. The van der Waals surface area contributed by atoms with Crippen molar-refractivity contribution in [3.63, 3.8) is 0 Å². The van der Waals surface area contributed by atoms with E-state index in [1.165, 1.54) is 0 Å². The molecule has 4 rings (SSSR count). The van der Waals surface area contributed by atoms with Gasteiger partial charge in [0.1, 0.15) is 6.04 Å². The van der Waals surface area contributed by atoms with E-state index in [-0.39, 0.29) is 29.6 Å². The molecule has 4 saturated heterocycles. The Morgan fingerprint density at radius 3 is 2.62 bits per heavy atom. The van der Waals surface area contributed by atoms with Gasteiger partial charge in [-0.05, 0) is 38.5 Å². The Morgan fingerprint density at radius 2 is 1.90 bits per heavy atom. The largest absolute Gasteiger partial charge is 0.465 e. The van der Waals surface area contributed by atoms with Crippen molar-refractivity contribution in [2.24, 2.45) is 11.8 Å². The predicted octanol–water partition coefficient (Wildman–Crippen LogP) is 2.49. The lowest BCUT2D eigenvalue weighted by Crippen LogP contribution is -2.56. The number of carbonyl (C=O) groups excluding carboxylic acids is 3. The molecular weight excluding hydrogens is 530 g/mol. The number of hydrogen-bond acceptors (Lipinski definition) is 8. The third-order valence-electron chi connectivity index (χ3n) is 8.86. The Kier molecular flexibility index (Phi) is 11.5. The van der Waals surface area contributed by atoms with E-state index in [4.69, 9.17) is 14.6 Å². The van der Waals surface area contributed by atoms with E-state index in [1.807, 2.05) is 4.90 Å². The second kappa shape index (κ2) is 14.8. The van der Waals surface area contributed by atoms with Crippen LogP contribution in [0.4, 0.5) is 0 Å². The van der Waals surface area contributed by atoms with Gasteiger partial charge in [-0.15, -0.1) is 24.9 Å². The lowest BCUT2D eigenvalue weighted by molar-refractivity contribution is -0.154. The zero-order valence-electron chi connectivity index (χ0n) is 23.8. The fourth-order valence-corrected chi connectivity index (χ4v) is 9.09. The van der Waals surface area contributed by atoms with Crippen LogP contribution >= 0.6 is 11.8 Å². The molecule has 0 aromatic carbocycles. The highest BCUT2D eigenvalue weighted by atomic mass is 32.2. The second-order valence-corrected chi connectivity index (χ2v) is 13.0. The number of hydrogen-bond donors (Lipinski definition) is 1. The van der Waals surface area contributed by atoms with Crippen molar-refractivity contribution in [1.82, 2.24) is 14.7 Å². The summed E-state index contributed by atoms with van der Waals surface area (Å²) < 4.78 is 10.5. The minimum Gasteiger partial charge on any atom is -0.465 e. The Morgan fingerprint density at radius 1 is 1.12 bits per heavy atom. The van der Waals surface area contributed by atoms with Gasteiger partial charge in [-0.2, -0.15) is 0 Å². The van der Waals surface area contributed by atoms with Crippen molar-refractivity contribution < 1.29 is 29.0 Å². The van der Waals surface area contributed by atoms with E-state index in [2.05, 4.69) is 18.1 Å². The molecule has 5 atom stereocenters. The number of ether oxygens (including phenoxy) is 2. The van der Waals surface area contributed by atoms with Crippen LogP contribution in [0.1, 0.15) is 51.4 Å². The van der Waals surface area contributed by atoms with Crippen LogP contribution in [0.25, 0.3) is 0 Å². The zero-order chi connectivity index (χ0) is 28.5. The van der Waals surface area contributed by atoms with Crippen molar-refractivity contribution in [3.05, 3.63) is 25.3 Å². The minimum atomic E-state index is -0.604. The lowest BCUT2D eigenvalue weighted by Gasteiger charge is -2.38. The molecule has 1 N–H and O–H groups in total. The Balaban J connectivity index is 1.55. The van der Waals surface area contributed by atoms with Gasteiger partial charge < -0.3 is 24.4 Å². The minimum absolute atomic E-state index is 0.00376. The molecule has 2 amide bonds. The molecule has 224 valence electrons. The van der Waals surface area contributed by atoms with Crippen LogP contribution in [-0.4, -0.2) is 119 Å². The Labute approximate surface area is 243 Å². The molecule has 4 aliphatic rings. The molecule has 0 aromatic rings. The third kappa shape index (κ3) is 6.61. The molecule has 0 radical (unpaired) electrons. The number of esters is 1. The van der Waals surface area contributed by atoms with Crippen LogP contribution < -0.4 is 0 Å². The summed E-state index contributed by atoms with van der Waals surface area (Å²) in [6.07, 6.45) is 9.85. The molecule has 2 bridgehead atoms. The van der Waals surface area contributed by atoms with Gasteiger partial charge in [0.25, 0.3) is 0 Å². The third-order valence-corrected chi connectivity index (χ3v) is 10.8. The van der Waals surface area contributed by atoms with Crippen LogP contribution in [0, 0.1) is 11.8 Å². The number of allylic oxidation sites excluding steroid dienone is 1. The molecule has 4 heterocycles. The van der Waals surface area contributed by atoms with Gasteiger partial charge in [0.15, 0.2) is 0 Å². The van der Waals surface area contributed by atoms with E-state index in [0.29, 0.717) is 45.9 Å². The zero-order valence-corrected chi connectivity index (χ0v) is 24.7. The maximum absolute atomic E-state index is 14.4. The molecule has 1 spiro atoms. The summed E-state index contributed by atoms with van der Waals surface area (Å²) in [6.45, 7) is 13.4. The summed E-state index contributed by atoms with van der Waals surface area (Å²) in [7, 11) is 0. The molecule has 10 heteroatoms. The first-order valence-electron chi connectivity index (χ1n) is 15.0. The van der Waals surface area contributed by atoms with Crippen molar-refractivity contribution in [2.45, 2.75) is 67.4 Å². The van der Waals surface area contributed by atoms with Crippen LogP contribution in [-0.2, 0) is 23.9 Å². The number of thioether (sulfide) groups is 1. The van der Waals surface area contributed by atoms with Crippen LogP contribution in [0.2, 0.25) is 0 Å². The Bertz CT molecular complexity index is 912. The highest BCUT2D eigenvalue weighted by Crippen LogP contribution is 2.66. The van der Waals surface area contributed by atoms with E-state index in [1.54, 1.807) is 28.8 Å². The van der Waals surface area contributed by atoms with E-state index in [9.17, 15) is 14.4 Å². The maximum Gasteiger partial charge on any atom is 0.310 e. The highest BCUT2D eigenvalue weighted by molar-refractivity contribution is 8.02. The van der Waals surface area contributed by atoms with Gasteiger partial charge in [0.2, 0.25) is 11.8 Å². The van der Waals surface area contributed by atoms with Gasteiger partial charge in [0.05, 0.1) is 36.4 Å². The summed E-state index contributed by atoms with van der Waals surface area (Å²) in [5, 5.41) is 9.16. The van der Waals surface area contributed by atoms with Gasteiger partial charge in [0, 0.05) is 51.1 Å². The normalized spacial score (nSPS) is 29.4. The number of aliphatic hydroxyl groups is 1. The van der Waals surface area contributed by atoms with Gasteiger partial charge in [-0.1, -0.05) is 25.0 Å². The fraction of sp³-hybridized carbons (Fsp3) is 0.767. The highest BCUT2D eigenvalue weighted by Gasteiger charge is 2.74. The quantitative estimate of drug-likeness (QED) is 0.160. The standard InChI is InChI=1S/C30H47N3O6S/c1-3-5-10-20-39-29(37)24-23-11-12-30(40-23)25(24)27(35)33(14-8-6-7-9-19-34)26(30)28(36)32(13-4-2)16-15-31-17-21-38-22-18-31/h3-4,23-26,34H,1-2,5-22H2/t23-,24+,25-,26?,30?/m0/s1. The maximum atomic E-state index is 14.4. The van der Waals surface area contributed by atoms with Gasteiger partial charge >= 0.3 is 5.97 Å². The summed E-state index contributed by atoms with van der Waals surface area (Å²) in [4.78, 5) is 47.8. The number of amides is 2. The summed E-state index contributed by atoms with van der Waals surface area (Å²) >= 11 is 1.69. The molecule has 4 aliphatic heterocycles. The predicted molar refractivity (Wildman–Crippen MR) is 156 cm³/mol. The first kappa shape index (κ1) is 31.1. The number of nitrogens with zero attached hydrogens (tertiary/aromatic N) is 3. The Hall–Kier alpha value is -1.88. The number of fused-ring (bicyclic) bond motifs is 1. The van der Waals surface area contributed by atoms with Gasteiger partial charge in [-0.3, -0.25) is 19.3 Å². The average molecular weight is 578 g/mol. The topological polar surface area (TPSA) is 99.6 Å². The fourth-order valence-electron chi connectivity index (χ4n) is 6.89. The number of rotatable bonds is 17. The molecule has 0 aliphatic carbocycles. The monoisotopic (exact) mass is 577 g/mol. The first-order chi connectivity index (χ1) is 19.5. The van der Waals surface area contributed by atoms with Crippen molar-refractivity contribution in [2.75, 3.05) is 65.7 Å². The van der Waals surface area contributed by atoms with Crippen molar-refractivity contribution >= 4 is 29.5 Å². The molecule has 9 nitrogen and oxygen atoms in total. The van der Waals surface area contributed by atoms with Crippen molar-refractivity contribution in [3.8, 4) is 0 Å². The molecule has 0 aromatic heterocycles. The molecule has 4 fully saturated rings. The average Bonchev–Trinajstić information content (AvgIpc) is 3.61. The van der Waals surface area contributed by atoms with E-state index in [0.717, 1.165) is 64.6 Å². The van der Waals surface area contributed by atoms with E-state index >= 15 is 0 Å². The summed E-state index contributed by atoms with van der Waals surface area (Å²) in [5.41, 5.74) is 0. The lowest BCUT2D eigenvalue weighted by atomic mass is 9.71. The molecule has 0 saturated carbocycles. The molecule has 40 heavy (non-hydrogen) atoms.